The Hall–Kier alpha value is -2.82. The van der Waals surface area contributed by atoms with E-state index in [1.54, 1.807) is 23.3 Å². The fourth-order valence-corrected chi connectivity index (χ4v) is 3.02. The SMILES string of the molecule is Cc1ccc2c(CC(=O)N3CC(Oc4ccc(F)cc4)C3)coc2c1. The van der Waals surface area contributed by atoms with Crippen molar-refractivity contribution in [1.29, 1.82) is 0 Å². The Morgan fingerprint density at radius 2 is 2.00 bits per heavy atom. The molecule has 0 aliphatic carbocycles. The van der Waals surface area contributed by atoms with Gasteiger partial charge >= 0.3 is 0 Å². The lowest BCUT2D eigenvalue weighted by atomic mass is 10.1. The molecule has 0 unspecified atom stereocenters. The zero-order valence-electron chi connectivity index (χ0n) is 13.9. The predicted molar refractivity (Wildman–Crippen MR) is 92.1 cm³/mol. The van der Waals surface area contributed by atoms with Gasteiger partial charge in [-0.15, -0.1) is 0 Å². The molecule has 0 N–H and O–H groups in total. The highest BCUT2D eigenvalue weighted by Crippen LogP contribution is 2.24. The first kappa shape index (κ1) is 15.7. The maximum Gasteiger partial charge on any atom is 0.227 e. The number of rotatable bonds is 4. The van der Waals surface area contributed by atoms with Gasteiger partial charge in [0.1, 0.15) is 23.3 Å². The predicted octanol–water partition coefficient (Wildman–Crippen LogP) is 3.71. The maximum atomic E-state index is 12.9. The Morgan fingerprint density at radius 1 is 1.24 bits per heavy atom. The minimum Gasteiger partial charge on any atom is -0.487 e. The minimum absolute atomic E-state index is 0.0434. The van der Waals surface area contributed by atoms with E-state index in [4.69, 9.17) is 9.15 Å². The van der Waals surface area contributed by atoms with Crippen LogP contribution in [0, 0.1) is 12.7 Å². The summed E-state index contributed by atoms with van der Waals surface area (Å²) in [6.07, 6.45) is 1.94. The molecule has 128 valence electrons. The van der Waals surface area contributed by atoms with Gasteiger partial charge in [0.25, 0.3) is 0 Å². The van der Waals surface area contributed by atoms with Crippen molar-refractivity contribution < 1.29 is 18.3 Å². The summed E-state index contributed by atoms with van der Waals surface area (Å²) in [7, 11) is 0. The average molecular weight is 339 g/mol. The van der Waals surface area contributed by atoms with Gasteiger partial charge in [0.2, 0.25) is 5.91 Å². The Bertz CT molecular complexity index is 910. The smallest absolute Gasteiger partial charge is 0.227 e. The van der Waals surface area contributed by atoms with Crippen LogP contribution in [0.4, 0.5) is 4.39 Å². The first-order valence-corrected chi connectivity index (χ1v) is 8.25. The van der Waals surface area contributed by atoms with Crippen molar-refractivity contribution in [3.8, 4) is 5.75 Å². The molecule has 1 saturated heterocycles. The van der Waals surface area contributed by atoms with Crippen molar-refractivity contribution in [1.82, 2.24) is 4.90 Å². The number of benzene rings is 2. The van der Waals surface area contributed by atoms with Crippen LogP contribution in [0.5, 0.6) is 5.75 Å². The van der Waals surface area contributed by atoms with Crippen LogP contribution < -0.4 is 4.74 Å². The molecule has 0 atom stereocenters. The van der Waals surface area contributed by atoms with Crippen molar-refractivity contribution in [2.45, 2.75) is 19.4 Å². The van der Waals surface area contributed by atoms with Crippen molar-refractivity contribution in [2.24, 2.45) is 0 Å². The van der Waals surface area contributed by atoms with Gasteiger partial charge in [-0.2, -0.15) is 0 Å². The van der Waals surface area contributed by atoms with Crippen LogP contribution in [0.25, 0.3) is 11.0 Å². The van der Waals surface area contributed by atoms with E-state index >= 15 is 0 Å². The second kappa shape index (κ2) is 6.24. The van der Waals surface area contributed by atoms with E-state index in [0.29, 0.717) is 25.3 Å². The average Bonchev–Trinajstić information content (AvgIpc) is 2.94. The van der Waals surface area contributed by atoms with E-state index < -0.39 is 0 Å². The monoisotopic (exact) mass is 339 g/mol. The zero-order chi connectivity index (χ0) is 17.4. The highest BCUT2D eigenvalue weighted by molar-refractivity contribution is 5.88. The molecule has 0 bridgehead atoms. The molecule has 2 aromatic carbocycles. The van der Waals surface area contributed by atoms with E-state index in [2.05, 4.69) is 0 Å². The maximum absolute atomic E-state index is 12.9. The van der Waals surface area contributed by atoms with Crippen molar-refractivity contribution in [3.05, 3.63) is 65.7 Å². The molecule has 5 heteroatoms. The molecule has 1 aliphatic rings. The number of carbonyl (C=O) groups excluding carboxylic acids is 1. The molecular weight excluding hydrogens is 321 g/mol. The number of hydrogen-bond acceptors (Lipinski definition) is 3. The number of ether oxygens (including phenoxy) is 1. The minimum atomic E-state index is -0.291. The molecule has 1 aliphatic heterocycles. The quantitative estimate of drug-likeness (QED) is 0.728. The summed E-state index contributed by atoms with van der Waals surface area (Å²) in [5, 5.41) is 0.985. The first-order valence-electron chi connectivity index (χ1n) is 8.25. The molecule has 2 heterocycles. The van der Waals surface area contributed by atoms with E-state index in [9.17, 15) is 9.18 Å². The van der Waals surface area contributed by atoms with Gasteiger partial charge in [-0.05, 0) is 42.8 Å². The second-order valence-electron chi connectivity index (χ2n) is 6.43. The molecule has 4 rings (SSSR count). The van der Waals surface area contributed by atoms with Gasteiger partial charge in [0.15, 0.2) is 0 Å². The van der Waals surface area contributed by atoms with Crippen LogP contribution >= 0.6 is 0 Å². The van der Waals surface area contributed by atoms with E-state index in [-0.39, 0.29) is 17.8 Å². The number of nitrogens with zero attached hydrogens (tertiary/aromatic N) is 1. The van der Waals surface area contributed by atoms with Gasteiger partial charge < -0.3 is 14.1 Å². The van der Waals surface area contributed by atoms with E-state index in [0.717, 1.165) is 22.1 Å². The van der Waals surface area contributed by atoms with Gasteiger partial charge in [-0.1, -0.05) is 12.1 Å². The topological polar surface area (TPSA) is 42.7 Å². The van der Waals surface area contributed by atoms with Crippen LogP contribution in [0.15, 0.2) is 53.1 Å². The Kier molecular flexibility index (Phi) is 3.92. The van der Waals surface area contributed by atoms with Crippen molar-refractivity contribution >= 4 is 16.9 Å². The van der Waals surface area contributed by atoms with Crippen LogP contribution in [0.3, 0.4) is 0 Å². The molecule has 4 nitrogen and oxygen atoms in total. The first-order chi connectivity index (χ1) is 12.1. The zero-order valence-corrected chi connectivity index (χ0v) is 13.9. The fourth-order valence-electron chi connectivity index (χ4n) is 3.02. The number of aryl methyl sites for hydroxylation is 1. The standard InChI is InChI=1S/C20H18FNO3/c1-13-2-7-18-14(12-24-19(18)8-13)9-20(23)22-10-17(11-22)25-16-5-3-15(21)4-6-16/h2-8,12,17H,9-11H2,1H3. The summed E-state index contributed by atoms with van der Waals surface area (Å²) in [4.78, 5) is 14.2. The van der Waals surface area contributed by atoms with E-state index in [1.165, 1.54) is 12.1 Å². The lowest BCUT2D eigenvalue weighted by Crippen LogP contribution is -2.56. The summed E-state index contributed by atoms with van der Waals surface area (Å²) in [5.41, 5.74) is 2.84. The lowest BCUT2D eigenvalue weighted by Gasteiger charge is -2.39. The van der Waals surface area contributed by atoms with Crippen LogP contribution in [0.2, 0.25) is 0 Å². The second-order valence-corrected chi connectivity index (χ2v) is 6.43. The fraction of sp³-hybridized carbons (Fsp3) is 0.250. The third-order valence-electron chi connectivity index (χ3n) is 4.47. The summed E-state index contributed by atoms with van der Waals surface area (Å²) < 4.78 is 24.2. The Balaban J connectivity index is 1.34. The molecular formula is C20H18FNO3. The van der Waals surface area contributed by atoms with Gasteiger partial charge in [-0.25, -0.2) is 4.39 Å². The van der Waals surface area contributed by atoms with Gasteiger partial charge in [0.05, 0.1) is 25.8 Å². The van der Waals surface area contributed by atoms with Gasteiger partial charge in [-0.3, -0.25) is 4.79 Å². The number of furan rings is 1. The molecule has 0 spiro atoms. The molecule has 1 fully saturated rings. The third kappa shape index (κ3) is 3.22. The third-order valence-corrected chi connectivity index (χ3v) is 4.47. The largest absolute Gasteiger partial charge is 0.487 e. The Morgan fingerprint density at radius 3 is 2.76 bits per heavy atom. The molecule has 1 amide bonds. The van der Waals surface area contributed by atoms with Crippen LogP contribution in [-0.2, 0) is 11.2 Å². The lowest BCUT2D eigenvalue weighted by molar-refractivity contribution is -0.139. The molecule has 0 saturated carbocycles. The summed E-state index contributed by atoms with van der Waals surface area (Å²) in [5.74, 6) is 0.386. The van der Waals surface area contributed by atoms with Crippen LogP contribution in [0.1, 0.15) is 11.1 Å². The Labute approximate surface area is 144 Å². The van der Waals surface area contributed by atoms with Crippen molar-refractivity contribution in [3.63, 3.8) is 0 Å². The number of amides is 1. The van der Waals surface area contributed by atoms with Crippen LogP contribution in [-0.4, -0.2) is 30.0 Å². The van der Waals surface area contributed by atoms with Gasteiger partial charge in [0, 0.05) is 10.9 Å². The highest BCUT2D eigenvalue weighted by Gasteiger charge is 2.32. The molecule has 25 heavy (non-hydrogen) atoms. The summed E-state index contributed by atoms with van der Waals surface area (Å²) >= 11 is 0. The van der Waals surface area contributed by atoms with Crippen molar-refractivity contribution in [2.75, 3.05) is 13.1 Å². The highest BCUT2D eigenvalue weighted by atomic mass is 19.1. The number of hydrogen-bond donors (Lipinski definition) is 0. The normalized spacial score (nSPS) is 14.6. The summed E-state index contributed by atoms with van der Waals surface area (Å²) in [6, 6.07) is 11.9. The molecule has 3 aromatic rings. The summed E-state index contributed by atoms with van der Waals surface area (Å²) in [6.45, 7) is 3.10. The molecule has 1 aromatic heterocycles. The number of carbonyl (C=O) groups is 1. The molecule has 0 radical (unpaired) electrons. The number of halogens is 1. The van der Waals surface area contributed by atoms with E-state index in [1.807, 2.05) is 25.1 Å². The number of fused-ring (bicyclic) bond motifs is 1. The number of likely N-dealkylation sites (tertiary alicyclic amines) is 1.